The normalized spacial score (nSPS) is 12.1. The molecule has 3 aromatic rings. The molecular weight excluding hydrogens is 477 g/mol. The molecule has 12 heteroatoms. The molecule has 1 aromatic heterocycles. The summed E-state index contributed by atoms with van der Waals surface area (Å²) in [5.74, 6) is -0.421. The Labute approximate surface area is 202 Å². The van der Waals surface area contributed by atoms with Gasteiger partial charge in [-0.25, -0.2) is 27.6 Å². The van der Waals surface area contributed by atoms with Crippen molar-refractivity contribution in [3.8, 4) is 11.4 Å². The molecule has 2 amide bonds. The zero-order valence-electron chi connectivity index (χ0n) is 18.9. The number of anilines is 2. The molecule has 3 rings (SSSR count). The first-order valence-electron chi connectivity index (χ1n) is 10.7. The van der Waals surface area contributed by atoms with E-state index in [0.29, 0.717) is 17.1 Å². The minimum Gasteiger partial charge on any atom is -0.395 e. The van der Waals surface area contributed by atoms with Crippen LogP contribution in [0.1, 0.15) is 12.6 Å². The van der Waals surface area contributed by atoms with Crippen molar-refractivity contribution in [2.45, 2.75) is 23.6 Å². The molecule has 0 saturated carbocycles. The Bertz CT molecular complexity index is 1250. The van der Waals surface area contributed by atoms with Gasteiger partial charge in [0.05, 0.1) is 29.6 Å². The lowest BCUT2D eigenvalue weighted by atomic mass is 10.2. The standard InChI is InChI=1S/C23H26FN5O5S/c1-15(13-31)26-21-12-19(14-35(33,34)20-8-4-17(24)5-9-20)27-22(29-21)16-2-6-18(7-3-16)28-23(32)25-10-11-30/h2-9,12,15,30-31H,10-11,13-14H2,1H3,(H2,25,28,32)(H,26,27,29)/t15-/m0/s1. The highest BCUT2D eigenvalue weighted by atomic mass is 32.2. The predicted octanol–water partition coefficient (Wildman–Crippen LogP) is 2.16. The van der Waals surface area contributed by atoms with Gasteiger partial charge in [-0.3, -0.25) is 0 Å². The molecule has 0 fully saturated rings. The number of carbonyl (C=O) groups excluding carboxylic acids is 1. The van der Waals surface area contributed by atoms with E-state index in [9.17, 15) is 22.7 Å². The third kappa shape index (κ3) is 7.44. The molecule has 1 heterocycles. The molecule has 0 unspecified atom stereocenters. The SMILES string of the molecule is C[C@@H](CO)Nc1cc(CS(=O)(=O)c2ccc(F)cc2)nc(-c2ccc(NC(=O)NCCO)cc2)n1. The molecule has 1 atom stereocenters. The second-order valence-corrected chi connectivity index (χ2v) is 9.68. The number of sulfone groups is 1. The Kier molecular flexibility index (Phi) is 8.68. The average Bonchev–Trinajstić information content (AvgIpc) is 2.83. The highest BCUT2D eigenvalue weighted by Crippen LogP contribution is 2.23. The van der Waals surface area contributed by atoms with Crippen molar-refractivity contribution in [2.24, 2.45) is 0 Å². The number of aliphatic hydroxyl groups excluding tert-OH is 2. The fraction of sp³-hybridized carbons (Fsp3) is 0.261. The van der Waals surface area contributed by atoms with Crippen LogP contribution in [0.15, 0.2) is 59.5 Å². The number of hydrogen-bond donors (Lipinski definition) is 5. The highest BCUT2D eigenvalue weighted by Gasteiger charge is 2.19. The smallest absolute Gasteiger partial charge is 0.319 e. The third-order valence-electron chi connectivity index (χ3n) is 4.76. The average molecular weight is 504 g/mol. The van der Waals surface area contributed by atoms with Crippen LogP contribution in [0.5, 0.6) is 0 Å². The summed E-state index contributed by atoms with van der Waals surface area (Å²) in [6.45, 7) is 1.51. The number of carbonyl (C=O) groups is 1. The van der Waals surface area contributed by atoms with E-state index in [2.05, 4.69) is 25.9 Å². The van der Waals surface area contributed by atoms with Gasteiger partial charge in [0.25, 0.3) is 0 Å². The van der Waals surface area contributed by atoms with Crippen LogP contribution in [0, 0.1) is 5.82 Å². The van der Waals surface area contributed by atoms with Crippen molar-refractivity contribution in [2.75, 3.05) is 30.4 Å². The van der Waals surface area contributed by atoms with Gasteiger partial charge in [-0.2, -0.15) is 0 Å². The molecule has 2 aromatic carbocycles. The maximum absolute atomic E-state index is 13.2. The first-order valence-corrected chi connectivity index (χ1v) is 12.3. The maximum atomic E-state index is 13.2. The van der Waals surface area contributed by atoms with Crippen molar-refractivity contribution < 1.29 is 27.8 Å². The lowest BCUT2D eigenvalue weighted by molar-refractivity contribution is 0.245. The Morgan fingerprint density at radius 1 is 1.06 bits per heavy atom. The van der Waals surface area contributed by atoms with Crippen LogP contribution in [0.3, 0.4) is 0 Å². The van der Waals surface area contributed by atoms with Crippen LogP contribution in [0.2, 0.25) is 0 Å². The number of nitrogens with zero attached hydrogens (tertiary/aromatic N) is 2. The van der Waals surface area contributed by atoms with Crippen molar-refractivity contribution in [1.82, 2.24) is 15.3 Å². The number of halogens is 1. The molecule has 0 aliphatic heterocycles. The summed E-state index contributed by atoms with van der Waals surface area (Å²) in [5.41, 5.74) is 1.26. The lowest BCUT2D eigenvalue weighted by Gasteiger charge is -2.14. The zero-order chi connectivity index (χ0) is 25.4. The summed E-state index contributed by atoms with van der Waals surface area (Å²) < 4.78 is 39.0. The molecule has 0 radical (unpaired) electrons. The van der Waals surface area contributed by atoms with Crippen LogP contribution in [0.4, 0.5) is 20.7 Å². The first-order chi connectivity index (χ1) is 16.7. The van der Waals surface area contributed by atoms with E-state index in [4.69, 9.17) is 5.11 Å². The third-order valence-corrected chi connectivity index (χ3v) is 6.42. The van der Waals surface area contributed by atoms with Gasteiger partial charge in [0.15, 0.2) is 15.7 Å². The maximum Gasteiger partial charge on any atom is 0.319 e. The van der Waals surface area contributed by atoms with Crippen molar-refractivity contribution in [1.29, 1.82) is 0 Å². The minimum absolute atomic E-state index is 0.0350. The number of amides is 2. The van der Waals surface area contributed by atoms with Gasteiger partial charge in [0.1, 0.15) is 11.6 Å². The van der Waals surface area contributed by atoms with E-state index in [1.165, 1.54) is 18.2 Å². The molecule has 35 heavy (non-hydrogen) atoms. The van der Waals surface area contributed by atoms with E-state index in [1.807, 2.05) is 0 Å². The number of nitrogens with one attached hydrogen (secondary N) is 3. The van der Waals surface area contributed by atoms with Crippen LogP contribution in [-0.4, -0.2) is 60.4 Å². The number of urea groups is 1. The van der Waals surface area contributed by atoms with E-state index in [1.54, 1.807) is 31.2 Å². The molecule has 10 nitrogen and oxygen atoms in total. The number of aromatic nitrogens is 2. The van der Waals surface area contributed by atoms with Gasteiger partial charge < -0.3 is 26.2 Å². The molecular formula is C23H26FN5O5S. The van der Waals surface area contributed by atoms with Crippen LogP contribution >= 0.6 is 0 Å². The zero-order valence-corrected chi connectivity index (χ0v) is 19.7. The second-order valence-electron chi connectivity index (χ2n) is 7.69. The topological polar surface area (TPSA) is 154 Å². The van der Waals surface area contributed by atoms with Gasteiger partial charge in [0, 0.05) is 29.9 Å². The molecule has 0 saturated heterocycles. The second kappa shape index (κ2) is 11.7. The Morgan fingerprint density at radius 3 is 2.37 bits per heavy atom. The number of aliphatic hydroxyl groups is 2. The fourth-order valence-electron chi connectivity index (χ4n) is 3.04. The summed E-state index contributed by atoms with van der Waals surface area (Å²) in [4.78, 5) is 20.5. The predicted molar refractivity (Wildman–Crippen MR) is 129 cm³/mol. The van der Waals surface area contributed by atoms with Gasteiger partial charge in [-0.15, -0.1) is 0 Å². The van der Waals surface area contributed by atoms with Crippen LogP contribution in [0.25, 0.3) is 11.4 Å². The summed E-state index contributed by atoms with van der Waals surface area (Å²) >= 11 is 0. The van der Waals surface area contributed by atoms with Crippen molar-refractivity contribution in [3.63, 3.8) is 0 Å². The summed E-state index contributed by atoms with van der Waals surface area (Å²) in [6.07, 6.45) is 0. The summed E-state index contributed by atoms with van der Waals surface area (Å²) in [7, 11) is -3.81. The van der Waals surface area contributed by atoms with E-state index in [0.717, 1.165) is 12.1 Å². The largest absolute Gasteiger partial charge is 0.395 e. The highest BCUT2D eigenvalue weighted by molar-refractivity contribution is 7.90. The summed E-state index contributed by atoms with van der Waals surface area (Å²) in [5, 5.41) is 26.2. The minimum atomic E-state index is -3.81. The Morgan fingerprint density at radius 2 is 1.74 bits per heavy atom. The monoisotopic (exact) mass is 503 g/mol. The van der Waals surface area contributed by atoms with Crippen molar-refractivity contribution in [3.05, 3.63) is 66.1 Å². The molecule has 0 aliphatic carbocycles. The Balaban J connectivity index is 1.89. The summed E-state index contributed by atoms with van der Waals surface area (Å²) in [6, 6.07) is 11.8. The molecule has 186 valence electrons. The van der Waals surface area contributed by atoms with Gasteiger partial charge in [-0.05, 0) is 55.5 Å². The number of hydrogen-bond acceptors (Lipinski definition) is 8. The van der Waals surface area contributed by atoms with E-state index >= 15 is 0 Å². The molecule has 0 aliphatic rings. The number of rotatable bonds is 10. The first kappa shape index (κ1) is 26.0. The fourth-order valence-corrected chi connectivity index (χ4v) is 4.29. The van der Waals surface area contributed by atoms with Crippen LogP contribution in [-0.2, 0) is 15.6 Å². The lowest BCUT2D eigenvalue weighted by Crippen LogP contribution is -2.30. The van der Waals surface area contributed by atoms with Gasteiger partial charge in [0.2, 0.25) is 0 Å². The molecule has 0 spiro atoms. The van der Waals surface area contributed by atoms with Gasteiger partial charge >= 0.3 is 6.03 Å². The molecule has 5 N–H and O–H groups in total. The number of benzene rings is 2. The van der Waals surface area contributed by atoms with Crippen LogP contribution < -0.4 is 16.0 Å². The quantitative estimate of drug-likeness (QED) is 0.264. The van der Waals surface area contributed by atoms with Gasteiger partial charge in [-0.1, -0.05) is 0 Å². The van der Waals surface area contributed by atoms with E-state index < -0.39 is 27.4 Å². The molecule has 0 bridgehead atoms. The Hall–Kier alpha value is -3.61. The van der Waals surface area contributed by atoms with E-state index in [-0.39, 0.29) is 42.2 Å². The van der Waals surface area contributed by atoms with Crippen molar-refractivity contribution >= 4 is 27.4 Å².